The lowest BCUT2D eigenvalue weighted by molar-refractivity contribution is 0.0608. The van der Waals surface area contributed by atoms with Gasteiger partial charge in [-0.3, -0.25) is 0 Å². The van der Waals surface area contributed by atoms with E-state index in [9.17, 15) is 0 Å². The van der Waals surface area contributed by atoms with E-state index in [0.717, 1.165) is 19.1 Å². The molecule has 1 aliphatic rings. The summed E-state index contributed by atoms with van der Waals surface area (Å²) in [4.78, 5) is 0. The first-order valence-corrected chi connectivity index (χ1v) is 6.06. The number of hydrogen-bond donors (Lipinski definition) is 1. The van der Waals surface area contributed by atoms with Crippen LogP contribution in [0.1, 0.15) is 46.5 Å². The van der Waals surface area contributed by atoms with Gasteiger partial charge in [0.1, 0.15) is 0 Å². The molecule has 0 bridgehead atoms. The van der Waals surface area contributed by atoms with Gasteiger partial charge >= 0.3 is 0 Å². The first kappa shape index (κ1) is 12.0. The van der Waals surface area contributed by atoms with Gasteiger partial charge in [-0.15, -0.1) is 0 Å². The Morgan fingerprint density at radius 1 is 1.21 bits per heavy atom. The van der Waals surface area contributed by atoms with E-state index in [4.69, 9.17) is 4.74 Å². The molecule has 2 atom stereocenters. The van der Waals surface area contributed by atoms with Gasteiger partial charge in [0.05, 0.1) is 0 Å². The lowest BCUT2D eigenvalue weighted by atomic mass is 9.93. The van der Waals surface area contributed by atoms with Gasteiger partial charge < -0.3 is 10.1 Å². The molecule has 1 N–H and O–H groups in total. The third-order valence-electron chi connectivity index (χ3n) is 3.21. The first-order chi connectivity index (χ1) is 6.72. The Labute approximate surface area is 88.4 Å². The van der Waals surface area contributed by atoms with Crippen molar-refractivity contribution in [3.05, 3.63) is 0 Å². The van der Waals surface area contributed by atoms with Crippen LogP contribution >= 0.6 is 0 Å². The Morgan fingerprint density at radius 2 is 1.86 bits per heavy atom. The summed E-state index contributed by atoms with van der Waals surface area (Å²) >= 11 is 0. The van der Waals surface area contributed by atoms with Crippen LogP contribution in [-0.2, 0) is 4.74 Å². The number of rotatable bonds is 5. The highest BCUT2D eigenvalue weighted by molar-refractivity contribution is 4.72. The predicted molar refractivity (Wildman–Crippen MR) is 60.5 cm³/mol. The molecule has 2 heteroatoms. The second-order valence-electron chi connectivity index (χ2n) is 4.67. The normalized spacial score (nSPS) is 23.4. The Balaban J connectivity index is 2.14. The highest BCUT2D eigenvalue weighted by Gasteiger charge is 2.17. The van der Waals surface area contributed by atoms with E-state index in [2.05, 4.69) is 26.1 Å². The van der Waals surface area contributed by atoms with Crippen LogP contribution in [0, 0.1) is 5.92 Å². The average molecular weight is 199 g/mol. The topological polar surface area (TPSA) is 21.3 Å². The molecule has 0 aromatic carbocycles. The van der Waals surface area contributed by atoms with Gasteiger partial charge in [-0.2, -0.15) is 0 Å². The molecule has 0 spiro atoms. The maximum Gasteiger partial charge on any atom is 0.0468 e. The third-order valence-corrected chi connectivity index (χ3v) is 3.21. The molecule has 1 rings (SSSR count). The summed E-state index contributed by atoms with van der Waals surface area (Å²) in [7, 11) is 0. The molecule has 1 aliphatic heterocycles. The van der Waals surface area contributed by atoms with E-state index in [1.165, 1.54) is 25.7 Å². The summed E-state index contributed by atoms with van der Waals surface area (Å²) in [6.45, 7) is 8.75. The Hall–Kier alpha value is -0.0800. The Kier molecular flexibility index (Phi) is 5.49. The van der Waals surface area contributed by atoms with Crippen molar-refractivity contribution in [2.24, 2.45) is 5.92 Å². The second-order valence-corrected chi connectivity index (χ2v) is 4.67. The van der Waals surface area contributed by atoms with Crippen LogP contribution in [0.3, 0.4) is 0 Å². The van der Waals surface area contributed by atoms with E-state index in [0.29, 0.717) is 12.1 Å². The summed E-state index contributed by atoms with van der Waals surface area (Å²) in [5.41, 5.74) is 0. The van der Waals surface area contributed by atoms with Gasteiger partial charge in [-0.1, -0.05) is 6.92 Å². The SMILES string of the molecule is CCC(C)NC(C)CC1CCOCC1. The lowest BCUT2D eigenvalue weighted by Crippen LogP contribution is -2.36. The summed E-state index contributed by atoms with van der Waals surface area (Å²) in [6, 6.07) is 1.32. The van der Waals surface area contributed by atoms with Crippen molar-refractivity contribution in [1.82, 2.24) is 5.32 Å². The molecule has 0 aromatic rings. The van der Waals surface area contributed by atoms with Crippen molar-refractivity contribution in [3.8, 4) is 0 Å². The zero-order chi connectivity index (χ0) is 10.4. The molecule has 2 unspecified atom stereocenters. The van der Waals surface area contributed by atoms with Crippen LogP contribution in [0.5, 0.6) is 0 Å². The van der Waals surface area contributed by atoms with Crippen molar-refractivity contribution in [2.45, 2.75) is 58.5 Å². The molecular formula is C12H25NO. The molecule has 0 aliphatic carbocycles. The molecule has 2 nitrogen and oxygen atoms in total. The zero-order valence-electron chi connectivity index (χ0n) is 9.88. The predicted octanol–water partition coefficient (Wildman–Crippen LogP) is 2.58. The lowest BCUT2D eigenvalue weighted by Gasteiger charge is -2.27. The van der Waals surface area contributed by atoms with Crippen LogP contribution in [0.4, 0.5) is 0 Å². The molecule has 1 heterocycles. The molecule has 0 radical (unpaired) electrons. The van der Waals surface area contributed by atoms with E-state index in [1.807, 2.05) is 0 Å². The monoisotopic (exact) mass is 199 g/mol. The van der Waals surface area contributed by atoms with E-state index in [-0.39, 0.29) is 0 Å². The maximum absolute atomic E-state index is 5.36. The minimum Gasteiger partial charge on any atom is -0.381 e. The highest BCUT2D eigenvalue weighted by Crippen LogP contribution is 2.20. The minimum absolute atomic E-state index is 0.657. The third kappa shape index (κ3) is 4.43. The van der Waals surface area contributed by atoms with Gasteiger partial charge in [-0.25, -0.2) is 0 Å². The van der Waals surface area contributed by atoms with E-state index >= 15 is 0 Å². The van der Waals surface area contributed by atoms with Crippen molar-refractivity contribution in [3.63, 3.8) is 0 Å². The van der Waals surface area contributed by atoms with Crippen molar-refractivity contribution < 1.29 is 4.74 Å². The fourth-order valence-electron chi connectivity index (χ4n) is 2.15. The number of hydrogen-bond acceptors (Lipinski definition) is 2. The standard InChI is InChI=1S/C12H25NO/c1-4-10(2)13-11(3)9-12-5-7-14-8-6-12/h10-13H,4-9H2,1-3H3. The number of ether oxygens (including phenoxy) is 1. The molecular weight excluding hydrogens is 174 g/mol. The molecule has 1 saturated heterocycles. The van der Waals surface area contributed by atoms with Crippen LogP contribution in [0.2, 0.25) is 0 Å². The van der Waals surface area contributed by atoms with Crippen molar-refractivity contribution >= 4 is 0 Å². The Bertz CT molecular complexity index is 143. The van der Waals surface area contributed by atoms with Crippen LogP contribution in [0.15, 0.2) is 0 Å². The molecule has 14 heavy (non-hydrogen) atoms. The van der Waals surface area contributed by atoms with Crippen LogP contribution in [-0.4, -0.2) is 25.3 Å². The van der Waals surface area contributed by atoms with Crippen molar-refractivity contribution in [2.75, 3.05) is 13.2 Å². The van der Waals surface area contributed by atoms with Gasteiger partial charge in [-0.05, 0) is 45.4 Å². The van der Waals surface area contributed by atoms with Crippen LogP contribution < -0.4 is 5.32 Å². The average Bonchev–Trinajstić information content (AvgIpc) is 2.19. The van der Waals surface area contributed by atoms with Gasteiger partial charge in [0, 0.05) is 25.3 Å². The van der Waals surface area contributed by atoms with Gasteiger partial charge in [0.15, 0.2) is 0 Å². The number of nitrogens with one attached hydrogen (secondary N) is 1. The highest BCUT2D eigenvalue weighted by atomic mass is 16.5. The largest absolute Gasteiger partial charge is 0.381 e. The smallest absolute Gasteiger partial charge is 0.0468 e. The molecule has 0 amide bonds. The van der Waals surface area contributed by atoms with Crippen LogP contribution in [0.25, 0.3) is 0 Å². The molecule has 0 aromatic heterocycles. The van der Waals surface area contributed by atoms with Gasteiger partial charge in [0.2, 0.25) is 0 Å². The summed E-state index contributed by atoms with van der Waals surface area (Å²) in [5.74, 6) is 0.885. The second kappa shape index (κ2) is 6.41. The van der Waals surface area contributed by atoms with E-state index in [1.54, 1.807) is 0 Å². The van der Waals surface area contributed by atoms with Crippen molar-refractivity contribution in [1.29, 1.82) is 0 Å². The molecule has 84 valence electrons. The zero-order valence-corrected chi connectivity index (χ0v) is 9.88. The quantitative estimate of drug-likeness (QED) is 0.735. The maximum atomic E-state index is 5.36. The van der Waals surface area contributed by atoms with Gasteiger partial charge in [0.25, 0.3) is 0 Å². The minimum atomic E-state index is 0.657. The van der Waals surface area contributed by atoms with E-state index < -0.39 is 0 Å². The molecule has 1 fully saturated rings. The Morgan fingerprint density at radius 3 is 2.43 bits per heavy atom. The fraction of sp³-hybridized carbons (Fsp3) is 1.00. The summed E-state index contributed by atoms with van der Waals surface area (Å²) in [6.07, 6.45) is 5.05. The summed E-state index contributed by atoms with van der Waals surface area (Å²) in [5, 5.41) is 3.64. The summed E-state index contributed by atoms with van der Waals surface area (Å²) < 4.78 is 5.36. The molecule has 0 saturated carbocycles. The first-order valence-electron chi connectivity index (χ1n) is 6.06. The fourth-order valence-corrected chi connectivity index (χ4v) is 2.15.